The van der Waals surface area contributed by atoms with Gasteiger partial charge in [0, 0.05) is 24.3 Å². The minimum absolute atomic E-state index is 0.989. The van der Waals surface area contributed by atoms with E-state index in [-0.39, 0.29) is 0 Å². The Morgan fingerprint density at radius 1 is 1.00 bits per heavy atom. The molecule has 0 N–H and O–H groups in total. The molecule has 0 fully saturated rings. The molecule has 0 saturated carbocycles. The SMILES string of the molecule is [CH](CCc1ccccn1)c1ccncc1. The first-order chi connectivity index (χ1) is 7.45. The normalized spacial score (nSPS) is 10.1. The molecule has 2 nitrogen and oxygen atoms in total. The average molecular weight is 197 g/mol. The fourth-order valence-corrected chi connectivity index (χ4v) is 1.43. The van der Waals surface area contributed by atoms with Crippen LogP contribution in [0.5, 0.6) is 0 Å². The van der Waals surface area contributed by atoms with Crippen LogP contribution in [0.25, 0.3) is 0 Å². The topological polar surface area (TPSA) is 25.8 Å². The molecule has 0 amide bonds. The molecule has 0 bridgehead atoms. The highest BCUT2D eigenvalue weighted by atomic mass is 14.7. The zero-order chi connectivity index (χ0) is 10.3. The monoisotopic (exact) mass is 197 g/mol. The summed E-state index contributed by atoms with van der Waals surface area (Å²) in [5.74, 6) is 0. The Labute approximate surface area is 90.0 Å². The molecule has 2 rings (SSSR count). The average Bonchev–Trinajstić information content (AvgIpc) is 2.32. The number of hydrogen-bond acceptors (Lipinski definition) is 2. The van der Waals surface area contributed by atoms with E-state index in [9.17, 15) is 0 Å². The third-order valence-corrected chi connectivity index (χ3v) is 2.21. The van der Waals surface area contributed by atoms with Gasteiger partial charge in [-0.15, -0.1) is 0 Å². The number of aryl methyl sites for hydroxylation is 1. The van der Waals surface area contributed by atoms with Crippen molar-refractivity contribution < 1.29 is 0 Å². The Morgan fingerprint density at radius 2 is 1.87 bits per heavy atom. The van der Waals surface area contributed by atoms with Crippen LogP contribution >= 0.6 is 0 Å². The fraction of sp³-hybridized carbons (Fsp3) is 0.154. The van der Waals surface area contributed by atoms with Gasteiger partial charge in [0.05, 0.1) is 0 Å². The quantitative estimate of drug-likeness (QED) is 0.753. The van der Waals surface area contributed by atoms with Crippen molar-refractivity contribution >= 4 is 0 Å². The van der Waals surface area contributed by atoms with E-state index in [0.29, 0.717) is 0 Å². The van der Waals surface area contributed by atoms with Crippen LogP contribution in [0.15, 0.2) is 48.9 Å². The first-order valence-corrected chi connectivity index (χ1v) is 5.08. The zero-order valence-electron chi connectivity index (χ0n) is 8.50. The van der Waals surface area contributed by atoms with Crippen molar-refractivity contribution in [1.82, 2.24) is 9.97 Å². The van der Waals surface area contributed by atoms with E-state index < -0.39 is 0 Å². The number of nitrogens with zero attached hydrogens (tertiary/aromatic N) is 2. The maximum absolute atomic E-state index is 4.28. The molecule has 0 aliphatic heterocycles. The predicted molar refractivity (Wildman–Crippen MR) is 60.2 cm³/mol. The van der Waals surface area contributed by atoms with Crippen molar-refractivity contribution in [2.45, 2.75) is 12.8 Å². The van der Waals surface area contributed by atoms with Gasteiger partial charge in [0.2, 0.25) is 0 Å². The summed E-state index contributed by atoms with van der Waals surface area (Å²) in [5.41, 5.74) is 2.36. The summed E-state index contributed by atoms with van der Waals surface area (Å²) in [4.78, 5) is 8.26. The highest BCUT2D eigenvalue weighted by Gasteiger charge is 1.95. The molecule has 0 aliphatic rings. The van der Waals surface area contributed by atoms with Crippen LogP contribution in [0, 0.1) is 6.42 Å². The lowest BCUT2D eigenvalue weighted by Gasteiger charge is -2.00. The molecular formula is C13H13N2. The molecule has 2 heteroatoms. The van der Waals surface area contributed by atoms with Gasteiger partial charge in [0.15, 0.2) is 0 Å². The van der Waals surface area contributed by atoms with Gasteiger partial charge < -0.3 is 0 Å². The van der Waals surface area contributed by atoms with Crippen molar-refractivity contribution in [3.8, 4) is 0 Å². The molecule has 15 heavy (non-hydrogen) atoms. The lowest BCUT2D eigenvalue weighted by atomic mass is 10.1. The van der Waals surface area contributed by atoms with E-state index in [1.807, 2.05) is 42.9 Å². The Bertz CT molecular complexity index is 344. The van der Waals surface area contributed by atoms with E-state index >= 15 is 0 Å². The van der Waals surface area contributed by atoms with Gasteiger partial charge in [-0.25, -0.2) is 0 Å². The maximum atomic E-state index is 4.28. The molecule has 2 aromatic heterocycles. The van der Waals surface area contributed by atoms with E-state index in [0.717, 1.165) is 18.5 Å². The van der Waals surface area contributed by atoms with Gasteiger partial charge in [-0.1, -0.05) is 6.07 Å². The highest BCUT2D eigenvalue weighted by Crippen LogP contribution is 2.07. The van der Waals surface area contributed by atoms with E-state index in [2.05, 4.69) is 22.5 Å². The maximum Gasteiger partial charge on any atom is 0.0403 e. The van der Waals surface area contributed by atoms with Crippen LogP contribution in [0.1, 0.15) is 17.7 Å². The third-order valence-electron chi connectivity index (χ3n) is 2.21. The predicted octanol–water partition coefficient (Wildman–Crippen LogP) is 2.66. The second-order valence-electron chi connectivity index (χ2n) is 3.34. The summed E-state index contributed by atoms with van der Waals surface area (Å²) < 4.78 is 0. The van der Waals surface area contributed by atoms with E-state index in [1.54, 1.807) is 0 Å². The summed E-state index contributed by atoms with van der Waals surface area (Å²) in [6.45, 7) is 0. The number of rotatable bonds is 4. The molecule has 75 valence electrons. The Morgan fingerprint density at radius 3 is 2.60 bits per heavy atom. The molecule has 2 aromatic rings. The zero-order valence-corrected chi connectivity index (χ0v) is 8.50. The summed E-state index contributed by atoms with van der Waals surface area (Å²) in [5, 5.41) is 0. The van der Waals surface area contributed by atoms with Crippen molar-refractivity contribution in [2.75, 3.05) is 0 Å². The standard InChI is InChI=1S/C13H13N2/c1-2-9-15-13(5-1)6-3-4-12-7-10-14-11-8-12/h1-2,4-5,7-11H,3,6H2. The smallest absolute Gasteiger partial charge is 0.0403 e. The summed E-state index contributed by atoms with van der Waals surface area (Å²) in [6, 6.07) is 10.0. The fourth-order valence-electron chi connectivity index (χ4n) is 1.43. The molecule has 2 heterocycles. The molecule has 0 aromatic carbocycles. The number of aromatic nitrogens is 2. The van der Waals surface area contributed by atoms with E-state index in [4.69, 9.17) is 0 Å². The van der Waals surface area contributed by atoms with Crippen LogP contribution in [-0.4, -0.2) is 9.97 Å². The van der Waals surface area contributed by atoms with Gasteiger partial charge in [-0.3, -0.25) is 9.97 Å². The highest BCUT2D eigenvalue weighted by molar-refractivity contribution is 5.19. The molecule has 1 radical (unpaired) electrons. The largest absolute Gasteiger partial charge is 0.265 e. The number of hydrogen-bond donors (Lipinski definition) is 0. The molecule has 0 saturated heterocycles. The first kappa shape index (κ1) is 9.84. The van der Waals surface area contributed by atoms with Crippen molar-refractivity contribution in [3.63, 3.8) is 0 Å². The lowest BCUT2D eigenvalue weighted by molar-refractivity contribution is 0.906. The molecule has 0 aliphatic carbocycles. The Balaban J connectivity index is 1.81. The van der Waals surface area contributed by atoms with Crippen molar-refractivity contribution in [3.05, 3.63) is 66.6 Å². The number of pyridine rings is 2. The van der Waals surface area contributed by atoms with Gasteiger partial charge in [0.25, 0.3) is 0 Å². The summed E-state index contributed by atoms with van der Waals surface area (Å²) in [7, 11) is 0. The van der Waals surface area contributed by atoms with Crippen LogP contribution < -0.4 is 0 Å². The third kappa shape index (κ3) is 3.17. The lowest BCUT2D eigenvalue weighted by Crippen LogP contribution is -1.90. The second-order valence-corrected chi connectivity index (χ2v) is 3.34. The Kier molecular flexibility index (Phi) is 3.44. The molecule has 0 unspecified atom stereocenters. The van der Waals surface area contributed by atoms with Crippen molar-refractivity contribution in [2.24, 2.45) is 0 Å². The first-order valence-electron chi connectivity index (χ1n) is 5.08. The van der Waals surface area contributed by atoms with Gasteiger partial charge in [-0.05, 0) is 49.1 Å². The molecule has 0 atom stereocenters. The van der Waals surface area contributed by atoms with E-state index in [1.165, 1.54) is 5.56 Å². The van der Waals surface area contributed by atoms with Gasteiger partial charge >= 0.3 is 0 Å². The van der Waals surface area contributed by atoms with Crippen LogP contribution in [0.4, 0.5) is 0 Å². The van der Waals surface area contributed by atoms with Crippen molar-refractivity contribution in [1.29, 1.82) is 0 Å². The van der Waals surface area contributed by atoms with Crippen LogP contribution in [0.3, 0.4) is 0 Å². The van der Waals surface area contributed by atoms with Crippen LogP contribution in [-0.2, 0) is 6.42 Å². The Hall–Kier alpha value is -1.70. The second kappa shape index (κ2) is 5.25. The summed E-state index contributed by atoms with van der Waals surface area (Å²) in [6.07, 6.45) is 9.67. The minimum Gasteiger partial charge on any atom is -0.265 e. The van der Waals surface area contributed by atoms with Crippen LogP contribution in [0.2, 0.25) is 0 Å². The molecular weight excluding hydrogens is 184 g/mol. The van der Waals surface area contributed by atoms with Gasteiger partial charge in [0.1, 0.15) is 0 Å². The molecule has 0 spiro atoms. The van der Waals surface area contributed by atoms with Gasteiger partial charge in [-0.2, -0.15) is 0 Å². The minimum atomic E-state index is 0.989. The summed E-state index contributed by atoms with van der Waals surface area (Å²) >= 11 is 0.